The molecule has 0 aromatic carbocycles. The second-order valence-electron chi connectivity index (χ2n) is 5.38. The van der Waals surface area contributed by atoms with Crippen LogP contribution < -0.4 is 0 Å². The van der Waals surface area contributed by atoms with Crippen molar-refractivity contribution in [2.45, 2.75) is 39.0 Å². The molecule has 0 bridgehead atoms. The van der Waals surface area contributed by atoms with Gasteiger partial charge in [-0.3, -0.25) is 4.90 Å². The third-order valence-corrected chi connectivity index (χ3v) is 4.02. The van der Waals surface area contributed by atoms with E-state index in [-0.39, 0.29) is 6.10 Å². The molecule has 3 rings (SSSR count). The van der Waals surface area contributed by atoms with E-state index in [0.29, 0.717) is 6.10 Å². The lowest BCUT2D eigenvalue weighted by molar-refractivity contribution is -0.0805. The molecule has 2 aromatic heterocycles. The number of ether oxygens (including phenoxy) is 1. The van der Waals surface area contributed by atoms with Gasteiger partial charge in [0.1, 0.15) is 5.82 Å². The predicted octanol–water partition coefficient (Wildman–Crippen LogP) is 2.72. The molecule has 1 aliphatic rings. The minimum atomic E-state index is 0.283. The Hall–Kier alpha value is -0.980. The van der Waals surface area contributed by atoms with Crippen LogP contribution in [0.3, 0.4) is 0 Å². The Morgan fingerprint density at radius 2 is 2.35 bits per heavy atom. The van der Waals surface area contributed by atoms with Gasteiger partial charge in [0, 0.05) is 23.8 Å². The summed E-state index contributed by atoms with van der Waals surface area (Å²) in [7, 11) is 0. The lowest BCUT2D eigenvalue weighted by Crippen LogP contribution is -2.45. The highest BCUT2D eigenvalue weighted by atomic mass is 79.9. The molecule has 0 spiro atoms. The maximum absolute atomic E-state index is 5.89. The number of nitrogens with one attached hydrogen (secondary N) is 1. The van der Waals surface area contributed by atoms with E-state index in [1.54, 1.807) is 6.20 Å². The van der Waals surface area contributed by atoms with Crippen LogP contribution in [-0.4, -0.2) is 45.1 Å². The molecule has 5 nitrogen and oxygen atoms in total. The Morgan fingerprint density at radius 3 is 3.15 bits per heavy atom. The smallest absolute Gasteiger partial charge is 0.177 e. The fraction of sp³-hybridized carbons (Fsp3) is 0.571. The second-order valence-corrected chi connectivity index (χ2v) is 6.29. The molecule has 2 atom stereocenters. The SMILES string of the molecule is CC[C@H]1CN(Cc2nc3ncc(Br)cc3[nH]2)C[C@@H](C)O1. The number of fused-ring (bicyclic) bond motifs is 1. The van der Waals surface area contributed by atoms with Gasteiger partial charge in [-0.2, -0.15) is 0 Å². The normalized spacial score (nSPS) is 24.4. The topological polar surface area (TPSA) is 54.0 Å². The van der Waals surface area contributed by atoms with Gasteiger partial charge in [-0.25, -0.2) is 9.97 Å². The van der Waals surface area contributed by atoms with E-state index in [4.69, 9.17) is 4.74 Å². The van der Waals surface area contributed by atoms with Crippen LogP contribution in [0.2, 0.25) is 0 Å². The molecule has 1 aliphatic heterocycles. The van der Waals surface area contributed by atoms with E-state index in [9.17, 15) is 0 Å². The number of aromatic nitrogens is 3. The largest absolute Gasteiger partial charge is 0.373 e. The Balaban J connectivity index is 1.75. The van der Waals surface area contributed by atoms with Gasteiger partial charge in [-0.15, -0.1) is 0 Å². The van der Waals surface area contributed by atoms with Crippen LogP contribution >= 0.6 is 15.9 Å². The third kappa shape index (κ3) is 3.02. The van der Waals surface area contributed by atoms with Crippen LogP contribution in [-0.2, 0) is 11.3 Å². The van der Waals surface area contributed by atoms with Crippen molar-refractivity contribution >= 4 is 27.1 Å². The molecule has 1 N–H and O–H groups in total. The maximum Gasteiger partial charge on any atom is 0.177 e. The molecule has 1 fully saturated rings. The molecule has 0 aliphatic carbocycles. The summed E-state index contributed by atoms with van der Waals surface area (Å²) in [5.41, 5.74) is 1.75. The first-order chi connectivity index (χ1) is 9.64. The fourth-order valence-electron chi connectivity index (χ4n) is 2.71. The monoisotopic (exact) mass is 338 g/mol. The average Bonchev–Trinajstić information content (AvgIpc) is 2.79. The molecular formula is C14H19BrN4O. The van der Waals surface area contributed by atoms with Crippen LogP contribution in [0.25, 0.3) is 11.2 Å². The quantitative estimate of drug-likeness (QED) is 0.934. The maximum atomic E-state index is 5.89. The minimum absolute atomic E-state index is 0.283. The van der Waals surface area contributed by atoms with Gasteiger partial charge in [0.05, 0.1) is 24.3 Å². The summed E-state index contributed by atoms with van der Waals surface area (Å²) in [6.07, 6.45) is 3.44. The molecule has 0 radical (unpaired) electrons. The van der Waals surface area contributed by atoms with Crippen LogP contribution in [0.4, 0.5) is 0 Å². The van der Waals surface area contributed by atoms with Crippen molar-refractivity contribution in [2.24, 2.45) is 0 Å². The van der Waals surface area contributed by atoms with Crippen LogP contribution in [0.1, 0.15) is 26.1 Å². The Bertz CT molecular complexity index is 600. The molecule has 108 valence electrons. The zero-order valence-electron chi connectivity index (χ0n) is 11.8. The van der Waals surface area contributed by atoms with E-state index in [2.05, 4.69) is 49.6 Å². The highest BCUT2D eigenvalue weighted by Gasteiger charge is 2.24. The summed E-state index contributed by atoms with van der Waals surface area (Å²) < 4.78 is 6.85. The number of H-pyrrole nitrogens is 1. The standard InChI is InChI=1S/C14H19BrN4O/c1-3-11-7-19(6-9(2)20-11)8-13-17-12-4-10(15)5-16-14(12)18-13/h4-5,9,11H,3,6-8H2,1-2H3,(H,16,17,18)/t9-,11+/m1/s1. The highest BCUT2D eigenvalue weighted by Crippen LogP contribution is 2.18. The summed E-state index contributed by atoms with van der Waals surface area (Å²) in [5, 5.41) is 0. The minimum Gasteiger partial charge on any atom is -0.373 e. The number of aromatic amines is 1. The lowest BCUT2D eigenvalue weighted by Gasteiger charge is -2.35. The fourth-order valence-corrected chi connectivity index (χ4v) is 3.04. The number of rotatable bonds is 3. The Kier molecular flexibility index (Phi) is 4.05. The van der Waals surface area contributed by atoms with Crippen LogP contribution in [0, 0.1) is 0 Å². The second kappa shape index (κ2) is 5.79. The number of morpholine rings is 1. The van der Waals surface area contributed by atoms with E-state index in [0.717, 1.165) is 47.5 Å². The van der Waals surface area contributed by atoms with E-state index in [1.165, 1.54) is 0 Å². The van der Waals surface area contributed by atoms with Gasteiger partial charge in [0.25, 0.3) is 0 Å². The number of nitrogens with zero attached hydrogens (tertiary/aromatic N) is 3. The summed E-state index contributed by atoms with van der Waals surface area (Å²) in [4.78, 5) is 14.6. The molecule has 0 unspecified atom stereocenters. The molecule has 6 heteroatoms. The molecule has 0 amide bonds. The molecule has 1 saturated heterocycles. The highest BCUT2D eigenvalue weighted by molar-refractivity contribution is 9.10. The summed E-state index contributed by atoms with van der Waals surface area (Å²) >= 11 is 3.43. The Labute approximate surface area is 126 Å². The molecular weight excluding hydrogens is 320 g/mol. The molecule has 20 heavy (non-hydrogen) atoms. The molecule has 3 heterocycles. The first-order valence-electron chi connectivity index (χ1n) is 7.02. The molecule has 0 saturated carbocycles. The number of hydrogen-bond donors (Lipinski definition) is 1. The Morgan fingerprint density at radius 1 is 1.50 bits per heavy atom. The van der Waals surface area contributed by atoms with Crippen molar-refractivity contribution in [1.82, 2.24) is 19.9 Å². The third-order valence-electron chi connectivity index (χ3n) is 3.58. The van der Waals surface area contributed by atoms with Gasteiger partial charge in [-0.05, 0) is 35.3 Å². The number of pyridine rings is 1. The van der Waals surface area contributed by atoms with Crippen molar-refractivity contribution in [1.29, 1.82) is 0 Å². The summed E-state index contributed by atoms with van der Waals surface area (Å²) in [6.45, 7) is 7.04. The van der Waals surface area contributed by atoms with Crippen LogP contribution in [0.15, 0.2) is 16.7 Å². The van der Waals surface area contributed by atoms with Gasteiger partial charge in [0.15, 0.2) is 5.65 Å². The van der Waals surface area contributed by atoms with Gasteiger partial charge >= 0.3 is 0 Å². The first-order valence-corrected chi connectivity index (χ1v) is 7.81. The lowest BCUT2D eigenvalue weighted by atomic mass is 10.2. The summed E-state index contributed by atoms with van der Waals surface area (Å²) in [6, 6.07) is 2.01. The van der Waals surface area contributed by atoms with E-state index in [1.807, 2.05) is 6.07 Å². The van der Waals surface area contributed by atoms with Crippen molar-refractivity contribution in [3.05, 3.63) is 22.6 Å². The van der Waals surface area contributed by atoms with E-state index >= 15 is 0 Å². The molecule has 2 aromatic rings. The average molecular weight is 339 g/mol. The van der Waals surface area contributed by atoms with Gasteiger partial charge in [-0.1, -0.05) is 6.92 Å². The van der Waals surface area contributed by atoms with Crippen molar-refractivity contribution in [3.8, 4) is 0 Å². The predicted molar refractivity (Wildman–Crippen MR) is 81.5 cm³/mol. The zero-order chi connectivity index (χ0) is 14.1. The van der Waals surface area contributed by atoms with Crippen molar-refractivity contribution in [2.75, 3.05) is 13.1 Å². The van der Waals surface area contributed by atoms with E-state index < -0.39 is 0 Å². The zero-order valence-corrected chi connectivity index (χ0v) is 13.4. The van der Waals surface area contributed by atoms with Crippen molar-refractivity contribution in [3.63, 3.8) is 0 Å². The summed E-state index contributed by atoms with van der Waals surface area (Å²) in [5.74, 6) is 0.967. The van der Waals surface area contributed by atoms with Gasteiger partial charge in [0.2, 0.25) is 0 Å². The number of imidazole rings is 1. The van der Waals surface area contributed by atoms with Gasteiger partial charge < -0.3 is 9.72 Å². The van der Waals surface area contributed by atoms with Crippen LogP contribution in [0.5, 0.6) is 0 Å². The number of halogens is 1. The number of hydrogen-bond acceptors (Lipinski definition) is 4. The van der Waals surface area contributed by atoms with Crippen molar-refractivity contribution < 1.29 is 4.74 Å². The first kappa shape index (κ1) is 14.0.